The van der Waals surface area contributed by atoms with Gasteiger partial charge in [-0.2, -0.15) is 5.26 Å². The van der Waals surface area contributed by atoms with Crippen LogP contribution in [-0.4, -0.2) is 70.3 Å². The number of fused-ring (bicyclic) bond motifs is 2. The fourth-order valence-electron chi connectivity index (χ4n) is 5.91. The smallest absolute Gasteiger partial charge is 0.241 e. The number of carbonyl (C=O) groups excluding carboxylic acids is 2. The average Bonchev–Trinajstić information content (AvgIpc) is 3.41. The molecule has 3 aliphatic rings. The van der Waals surface area contributed by atoms with Gasteiger partial charge in [0.2, 0.25) is 11.8 Å². The van der Waals surface area contributed by atoms with Gasteiger partial charge in [-0.1, -0.05) is 39.8 Å². The number of likely N-dealkylation sites (tertiary alicyclic amines) is 3. The van der Waals surface area contributed by atoms with Crippen LogP contribution in [0, 0.1) is 28.5 Å². The van der Waals surface area contributed by atoms with E-state index in [1.54, 1.807) is 17.0 Å². The average molecular weight is 456 g/mol. The van der Waals surface area contributed by atoms with Crippen LogP contribution >= 0.6 is 0 Å². The van der Waals surface area contributed by atoms with E-state index in [0.717, 1.165) is 5.56 Å². The minimum absolute atomic E-state index is 0.0257. The fraction of sp³-hybridized carbons (Fsp3) is 0.640. The molecule has 3 heterocycles. The molecule has 6 atom stereocenters. The van der Waals surface area contributed by atoms with Gasteiger partial charge in [-0.25, -0.2) is 4.39 Å². The van der Waals surface area contributed by atoms with Crippen molar-refractivity contribution in [2.24, 2.45) is 17.1 Å². The van der Waals surface area contributed by atoms with E-state index < -0.39 is 12.1 Å². The van der Waals surface area contributed by atoms with Crippen LogP contribution in [0.3, 0.4) is 0 Å². The predicted octanol–water partition coefficient (Wildman–Crippen LogP) is 2.29. The zero-order valence-corrected chi connectivity index (χ0v) is 19.9. The van der Waals surface area contributed by atoms with Crippen molar-refractivity contribution in [2.75, 3.05) is 19.6 Å². The molecule has 1 aromatic rings. The summed E-state index contributed by atoms with van der Waals surface area (Å²) in [5, 5.41) is 9.38. The van der Waals surface area contributed by atoms with Gasteiger partial charge in [0.15, 0.2) is 0 Å². The van der Waals surface area contributed by atoms with E-state index in [4.69, 9.17) is 5.73 Å². The zero-order chi connectivity index (χ0) is 24.1. The molecule has 3 saturated heterocycles. The highest BCUT2D eigenvalue weighted by Gasteiger charge is 2.54. The highest BCUT2D eigenvalue weighted by Crippen LogP contribution is 2.45. The largest absolute Gasteiger partial charge is 0.329 e. The Morgan fingerprint density at radius 2 is 1.91 bits per heavy atom. The van der Waals surface area contributed by atoms with Gasteiger partial charge in [0, 0.05) is 25.7 Å². The number of nitrogens with zero attached hydrogens (tertiary/aromatic N) is 4. The van der Waals surface area contributed by atoms with E-state index in [1.165, 1.54) is 12.1 Å². The van der Waals surface area contributed by atoms with Gasteiger partial charge in [0.05, 0.1) is 24.2 Å². The Balaban J connectivity index is 1.46. The van der Waals surface area contributed by atoms with E-state index in [2.05, 4.69) is 26.8 Å². The van der Waals surface area contributed by atoms with Crippen molar-refractivity contribution in [3.8, 4) is 6.07 Å². The third-order valence-corrected chi connectivity index (χ3v) is 7.29. The highest BCUT2D eigenvalue weighted by atomic mass is 19.1. The molecule has 2 bridgehead atoms. The van der Waals surface area contributed by atoms with Gasteiger partial charge in [0.1, 0.15) is 11.9 Å². The number of hydrogen-bond acceptors (Lipinski definition) is 5. The summed E-state index contributed by atoms with van der Waals surface area (Å²) in [6.45, 7) is 9.82. The van der Waals surface area contributed by atoms with Crippen molar-refractivity contribution in [1.29, 1.82) is 5.26 Å². The molecule has 0 aromatic heterocycles. The topological polar surface area (TPSA) is 93.7 Å². The molecule has 3 aliphatic heterocycles. The van der Waals surface area contributed by atoms with E-state index in [0.29, 0.717) is 32.5 Å². The molecule has 3 fully saturated rings. The normalized spacial score (nSPS) is 29.4. The quantitative estimate of drug-likeness (QED) is 0.735. The third kappa shape index (κ3) is 4.36. The van der Waals surface area contributed by atoms with E-state index >= 15 is 0 Å². The Hall–Kier alpha value is -2.50. The van der Waals surface area contributed by atoms with Crippen molar-refractivity contribution in [3.63, 3.8) is 0 Å². The van der Waals surface area contributed by atoms with Gasteiger partial charge in [-0.15, -0.1) is 0 Å². The number of nitriles is 1. The molecule has 1 aromatic carbocycles. The van der Waals surface area contributed by atoms with Crippen molar-refractivity contribution in [2.45, 2.75) is 70.7 Å². The first-order valence-corrected chi connectivity index (χ1v) is 11.8. The van der Waals surface area contributed by atoms with Crippen molar-refractivity contribution >= 4 is 11.8 Å². The van der Waals surface area contributed by atoms with Gasteiger partial charge in [-0.05, 0) is 41.9 Å². The Morgan fingerprint density at radius 1 is 1.24 bits per heavy atom. The summed E-state index contributed by atoms with van der Waals surface area (Å²) in [4.78, 5) is 32.0. The monoisotopic (exact) mass is 455 g/mol. The van der Waals surface area contributed by atoms with Gasteiger partial charge in [0.25, 0.3) is 0 Å². The maximum absolute atomic E-state index is 13.5. The Morgan fingerprint density at radius 3 is 2.48 bits per heavy atom. The molecular weight excluding hydrogens is 421 g/mol. The second kappa shape index (κ2) is 8.69. The minimum Gasteiger partial charge on any atom is -0.329 e. The first kappa shape index (κ1) is 23.7. The second-order valence-corrected chi connectivity index (χ2v) is 11.0. The van der Waals surface area contributed by atoms with E-state index in [1.807, 2.05) is 16.7 Å². The molecule has 178 valence electrons. The number of piperazine rings is 1. The summed E-state index contributed by atoms with van der Waals surface area (Å²) in [6, 6.07) is 6.99. The van der Waals surface area contributed by atoms with Crippen molar-refractivity contribution in [3.05, 3.63) is 35.6 Å². The molecule has 8 heteroatoms. The molecule has 2 amide bonds. The van der Waals surface area contributed by atoms with Crippen LogP contribution in [0.4, 0.5) is 4.39 Å². The number of halogens is 1. The van der Waals surface area contributed by atoms with Crippen LogP contribution in [0.1, 0.15) is 52.1 Å². The summed E-state index contributed by atoms with van der Waals surface area (Å²) in [6.07, 6.45) is 1.38. The summed E-state index contributed by atoms with van der Waals surface area (Å²) < 4.78 is 13.5. The van der Waals surface area contributed by atoms with Crippen LogP contribution in [0.2, 0.25) is 0 Å². The SMILES string of the molecule is CC1CC(C#N)N(C(=O)C(N)CN2C[C@@H]3CC2C(=O)N3C(c2ccc(F)cc2)C(C)(C)C)C1. The lowest BCUT2D eigenvalue weighted by Gasteiger charge is -2.45. The van der Waals surface area contributed by atoms with Gasteiger partial charge >= 0.3 is 0 Å². The standard InChI is InChI=1S/C25H34FN5O2/c1-15-9-18(11-27)30(12-15)23(32)20(28)14-29-13-19-10-21(29)24(33)31(19)22(25(2,3)4)16-5-7-17(26)8-6-16/h5-8,15,18-22H,9-10,12-14,28H2,1-4H3/t15?,18?,19-,20?,21?,22?/m0/s1. The molecule has 0 spiro atoms. The molecule has 4 rings (SSSR count). The Bertz CT molecular complexity index is 953. The van der Waals surface area contributed by atoms with Gasteiger partial charge in [-0.3, -0.25) is 14.5 Å². The molecule has 0 saturated carbocycles. The maximum atomic E-state index is 13.5. The lowest BCUT2D eigenvalue weighted by molar-refractivity contribution is -0.143. The number of amides is 2. The van der Waals surface area contributed by atoms with Crippen molar-refractivity contribution in [1.82, 2.24) is 14.7 Å². The number of carbonyl (C=O) groups is 2. The van der Waals surface area contributed by atoms with E-state index in [9.17, 15) is 19.2 Å². The third-order valence-electron chi connectivity index (χ3n) is 7.29. The maximum Gasteiger partial charge on any atom is 0.241 e. The van der Waals surface area contributed by atoms with Crippen LogP contribution in [0.5, 0.6) is 0 Å². The van der Waals surface area contributed by atoms with Crippen LogP contribution < -0.4 is 5.73 Å². The summed E-state index contributed by atoms with van der Waals surface area (Å²) >= 11 is 0. The molecule has 33 heavy (non-hydrogen) atoms. The first-order chi connectivity index (χ1) is 15.5. The molecule has 2 N–H and O–H groups in total. The van der Waals surface area contributed by atoms with Crippen molar-refractivity contribution < 1.29 is 14.0 Å². The molecular formula is C25H34FN5O2. The number of rotatable bonds is 5. The number of nitrogens with two attached hydrogens (primary N) is 1. The summed E-state index contributed by atoms with van der Waals surface area (Å²) in [5.74, 6) is -0.183. The van der Waals surface area contributed by atoms with Crippen LogP contribution in [0.15, 0.2) is 24.3 Å². The molecule has 0 aliphatic carbocycles. The Kier molecular flexibility index (Phi) is 6.23. The van der Waals surface area contributed by atoms with Gasteiger partial charge < -0.3 is 15.5 Å². The lowest BCUT2D eigenvalue weighted by Crippen LogP contribution is -2.57. The van der Waals surface area contributed by atoms with E-state index in [-0.39, 0.29) is 47.1 Å². The Labute approximate surface area is 195 Å². The zero-order valence-electron chi connectivity index (χ0n) is 19.9. The minimum atomic E-state index is -0.762. The molecule has 0 radical (unpaired) electrons. The highest BCUT2D eigenvalue weighted by molar-refractivity contribution is 5.87. The number of benzene rings is 1. The second-order valence-electron chi connectivity index (χ2n) is 11.0. The number of hydrogen-bond donors (Lipinski definition) is 1. The summed E-state index contributed by atoms with van der Waals surface area (Å²) in [5.41, 5.74) is 6.98. The fourth-order valence-corrected chi connectivity index (χ4v) is 5.91. The van der Waals surface area contributed by atoms with Crippen LogP contribution in [0.25, 0.3) is 0 Å². The predicted molar refractivity (Wildman–Crippen MR) is 122 cm³/mol. The summed E-state index contributed by atoms with van der Waals surface area (Å²) in [7, 11) is 0. The molecule has 5 unspecified atom stereocenters. The van der Waals surface area contributed by atoms with Crippen LogP contribution in [-0.2, 0) is 9.59 Å². The molecule has 7 nitrogen and oxygen atoms in total. The first-order valence-electron chi connectivity index (χ1n) is 11.8. The lowest BCUT2D eigenvalue weighted by atomic mass is 9.80.